The molecule has 2 atom stereocenters. The molecular formula is C19H18F4N6O3. The van der Waals surface area contributed by atoms with E-state index in [2.05, 4.69) is 21.2 Å². The molecule has 1 aliphatic rings. The third kappa shape index (κ3) is 5.45. The monoisotopic (exact) mass is 454 g/mol. The summed E-state index contributed by atoms with van der Waals surface area (Å²) in [6, 6.07) is 6.53. The number of nitriles is 1. The summed E-state index contributed by atoms with van der Waals surface area (Å²) in [5.74, 6) is -1.89. The number of amides is 2. The number of anilines is 2. The second-order valence-corrected chi connectivity index (χ2v) is 7.07. The van der Waals surface area contributed by atoms with Crippen LogP contribution in [0.5, 0.6) is 0 Å². The number of hydrogen-bond donors (Lipinski definition) is 2. The first-order valence-corrected chi connectivity index (χ1v) is 9.37. The summed E-state index contributed by atoms with van der Waals surface area (Å²) >= 11 is 0. The zero-order chi connectivity index (χ0) is 23.5. The van der Waals surface area contributed by atoms with Crippen LogP contribution < -0.4 is 11.1 Å². The van der Waals surface area contributed by atoms with Crippen LogP contribution in [0, 0.1) is 23.1 Å². The highest BCUT2D eigenvalue weighted by Gasteiger charge is 2.37. The fourth-order valence-corrected chi connectivity index (χ4v) is 3.26. The van der Waals surface area contributed by atoms with E-state index in [-0.39, 0.29) is 30.9 Å². The molecule has 0 spiro atoms. The van der Waals surface area contributed by atoms with E-state index < -0.39 is 42.6 Å². The van der Waals surface area contributed by atoms with Gasteiger partial charge in [-0.3, -0.25) is 9.48 Å². The van der Waals surface area contributed by atoms with Crippen molar-refractivity contribution in [3.63, 3.8) is 0 Å². The lowest BCUT2D eigenvalue weighted by molar-refractivity contribution is -0.162. The Morgan fingerprint density at radius 1 is 1.31 bits per heavy atom. The van der Waals surface area contributed by atoms with Crippen molar-refractivity contribution in [2.45, 2.75) is 18.6 Å². The summed E-state index contributed by atoms with van der Waals surface area (Å²) in [6.45, 7) is -1.87. The van der Waals surface area contributed by atoms with Crippen LogP contribution in [0.15, 0.2) is 30.5 Å². The molecule has 170 valence electrons. The van der Waals surface area contributed by atoms with Crippen molar-refractivity contribution in [3.05, 3.63) is 41.8 Å². The molecule has 1 aromatic heterocycles. The Morgan fingerprint density at radius 2 is 2.00 bits per heavy atom. The number of benzene rings is 1. The van der Waals surface area contributed by atoms with Crippen molar-refractivity contribution in [2.24, 2.45) is 11.7 Å². The van der Waals surface area contributed by atoms with Crippen LogP contribution in [0.3, 0.4) is 0 Å². The number of nitrogens with one attached hydrogen (secondary N) is 1. The predicted octanol–water partition coefficient (Wildman–Crippen LogP) is 2.95. The second kappa shape index (κ2) is 9.13. The van der Waals surface area contributed by atoms with Gasteiger partial charge >= 0.3 is 12.3 Å². The Hall–Kier alpha value is -3.82. The topological polar surface area (TPSA) is 126 Å². The van der Waals surface area contributed by atoms with Crippen LogP contribution in [-0.4, -0.2) is 52.6 Å². The fourth-order valence-electron chi connectivity index (χ4n) is 3.26. The van der Waals surface area contributed by atoms with E-state index in [0.29, 0.717) is 5.69 Å². The number of alkyl halides is 3. The van der Waals surface area contributed by atoms with Gasteiger partial charge < -0.3 is 20.7 Å². The normalized spacial score (nSPS) is 18.7. The molecule has 1 fully saturated rings. The molecule has 2 amide bonds. The lowest BCUT2D eigenvalue weighted by Crippen LogP contribution is -2.45. The molecule has 9 nitrogen and oxygen atoms in total. The Labute approximate surface area is 179 Å². The van der Waals surface area contributed by atoms with E-state index in [0.717, 1.165) is 4.90 Å². The van der Waals surface area contributed by atoms with E-state index >= 15 is 0 Å². The number of halogens is 4. The molecule has 1 saturated heterocycles. The van der Waals surface area contributed by atoms with E-state index in [9.17, 15) is 32.4 Å². The van der Waals surface area contributed by atoms with Crippen LogP contribution in [0.4, 0.5) is 33.9 Å². The van der Waals surface area contributed by atoms with Gasteiger partial charge in [-0.1, -0.05) is 0 Å². The van der Waals surface area contributed by atoms with E-state index in [1.807, 2.05) is 0 Å². The number of nitrogens with two attached hydrogens (primary N) is 1. The Kier molecular flexibility index (Phi) is 6.52. The molecule has 13 heteroatoms. The molecule has 0 aliphatic carbocycles. The number of ether oxygens (including phenoxy) is 1. The van der Waals surface area contributed by atoms with Gasteiger partial charge in [0.1, 0.15) is 11.4 Å². The maximum atomic E-state index is 13.1. The number of primary amides is 1. The highest BCUT2D eigenvalue weighted by molar-refractivity contribution is 5.98. The molecule has 0 saturated carbocycles. The zero-order valence-corrected chi connectivity index (χ0v) is 16.5. The van der Waals surface area contributed by atoms with Crippen molar-refractivity contribution >= 4 is 23.5 Å². The first kappa shape index (κ1) is 22.9. The summed E-state index contributed by atoms with van der Waals surface area (Å²) in [4.78, 5) is 25.0. The Balaban J connectivity index is 1.83. The number of piperidine rings is 1. The second-order valence-electron chi connectivity index (χ2n) is 7.07. The summed E-state index contributed by atoms with van der Waals surface area (Å²) < 4.78 is 55.7. The first-order valence-electron chi connectivity index (χ1n) is 9.37. The molecule has 3 rings (SSSR count). The van der Waals surface area contributed by atoms with E-state index in [1.54, 1.807) is 0 Å². The molecule has 0 radical (unpaired) electrons. The number of hydrogen-bond acceptors (Lipinski definition) is 6. The molecule has 32 heavy (non-hydrogen) atoms. The van der Waals surface area contributed by atoms with Gasteiger partial charge in [-0.05, 0) is 30.7 Å². The summed E-state index contributed by atoms with van der Waals surface area (Å²) in [5.41, 5.74) is 5.80. The lowest BCUT2D eigenvalue weighted by atomic mass is 9.93. The minimum absolute atomic E-state index is 0.0239. The minimum atomic E-state index is -4.67. The molecule has 2 aromatic rings. The van der Waals surface area contributed by atoms with Crippen LogP contribution in [0.2, 0.25) is 0 Å². The van der Waals surface area contributed by atoms with E-state index in [1.165, 1.54) is 35.1 Å². The van der Waals surface area contributed by atoms with Gasteiger partial charge in [0.05, 0.1) is 18.0 Å². The molecule has 0 unspecified atom stereocenters. The number of nitrogens with zero attached hydrogens (tertiary/aromatic N) is 4. The van der Waals surface area contributed by atoms with Gasteiger partial charge in [0.2, 0.25) is 0 Å². The van der Waals surface area contributed by atoms with Crippen LogP contribution in [-0.2, 0) is 4.74 Å². The van der Waals surface area contributed by atoms with Crippen molar-refractivity contribution < 1.29 is 31.9 Å². The highest BCUT2D eigenvalue weighted by Crippen LogP contribution is 2.30. The van der Waals surface area contributed by atoms with Gasteiger partial charge in [-0.25, -0.2) is 9.18 Å². The Morgan fingerprint density at radius 3 is 2.59 bits per heavy atom. The summed E-state index contributed by atoms with van der Waals surface area (Å²) in [7, 11) is 0. The molecule has 1 aromatic carbocycles. The number of rotatable bonds is 5. The highest BCUT2D eigenvalue weighted by atomic mass is 19.4. The molecule has 0 bridgehead atoms. The Bertz CT molecular complexity index is 1030. The third-order valence-corrected chi connectivity index (χ3v) is 4.81. The quantitative estimate of drug-likeness (QED) is 0.669. The van der Waals surface area contributed by atoms with Crippen LogP contribution in [0.1, 0.15) is 22.8 Å². The largest absolute Gasteiger partial charge is 0.440 e. The summed E-state index contributed by atoms with van der Waals surface area (Å²) in [6.07, 6.45) is -4.39. The molecular weight excluding hydrogens is 436 g/mol. The zero-order valence-electron chi connectivity index (χ0n) is 16.5. The molecule has 1 aliphatic heterocycles. The average Bonchev–Trinajstić information content (AvgIpc) is 3.16. The van der Waals surface area contributed by atoms with Crippen molar-refractivity contribution in [1.82, 2.24) is 14.7 Å². The van der Waals surface area contributed by atoms with Crippen LogP contribution in [0.25, 0.3) is 0 Å². The SMILES string of the molecule is N#C[C@H]1CCN(C(=O)OCC(F)(F)F)C[C@@H]1n1cc(C(N)=O)c(Nc2ccc(F)cc2)n1. The smallest absolute Gasteiger partial charge is 0.422 e. The van der Waals surface area contributed by atoms with Crippen molar-refractivity contribution in [1.29, 1.82) is 5.26 Å². The van der Waals surface area contributed by atoms with Gasteiger partial charge in [-0.15, -0.1) is 0 Å². The fraction of sp³-hybridized carbons (Fsp3) is 0.368. The molecule has 2 heterocycles. The predicted molar refractivity (Wildman–Crippen MR) is 102 cm³/mol. The first-order chi connectivity index (χ1) is 15.1. The maximum Gasteiger partial charge on any atom is 0.422 e. The minimum Gasteiger partial charge on any atom is -0.440 e. The third-order valence-electron chi connectivity index (χ3n) is 4.81. The van der Waals surface area contributed by atoms with Gasteiger partial charge in [0.25, 0.3) is 5.91 Å². The molecule has 3 N–H and O–H groups in total. The summed E-state index contributed by atoms with van der Waals surface area (Å²) in [5, 5.41) is 16.6. The number of carbonyl (C=O) groups is 2. The van der Waals surface area contributed by atoms with Gasteiger partial charge in [0.15, 0.2) is 12.4 Å². The van der Waals surface area contributed by atoms with Crippen molar-refractivity contribution in [3.8, 4) is 6.07 Å². The standard InChI is InChI=1S/C19H18F4N6O3/c20-12-1-3-13(4-2-12)26-17-14(16(25)30)8-29(27-17)15-9-28(6-5-11(15)7-24)18(31)32-10-19(21,22)23/h1-4,8,11,15H,5-6,9-10H2,(H2,25,30)(H,26,27)/t11-,15+/m1/s1. The number of aromatic nitrogens is 2. The van der Waals surface area contributed by atoms with Crippen LogP contribution >= 0.6 is 0 Å². The number of likely N-dealkylation sites (tertiary alicyclic amines) is 1. The van der Waals surface area contributed by atoms with E-state index in [4.69, 9.17) is 5.73 Å². The number of carbonyl (C=O) groups excluding carboxylic acids is 2. The van der Waals surface area contributed by atoms with Crippen molar-refractivity contribution in [2.75, 3.05) is 25.0 Å². The van der Waals surface area contributed by atoms with Gasteiger partial charge in [0, 0.05) is 25.0 Å². The lowest BCUT2D eigenvalue weighted by Gasteiger charge is -2.35. The van der Waals surface area contributed by atoms with Gasteiger partial charge in [-0.2, -0.15) is 23.5 Å². The maximum absolute atomic E-state index is 13.1. The average molecular weight is 454 g/mol.